The van der Waals surface area contributed by atoms with Crippen LogP contribution in [0.15, 0.2) is 18.2 Å². The van der Waals surface area contributed by atoms with Crippen LogP contribution in [-0.4, -0.2) is 22.1 Å². The minimum atomic E-state index is -0.795. The van der Waals surface area contributed by atoms with E-state index in [1.54, 1.807) is 13.8 Å². The van der Waals surface area contributed by atoms with Gasteiger partial charge in [0.1, 0.15) is 5.56 Å². The summed E-state index contributed by atoms with van der Waals surface area (Å²) in [5.41, 5.74) is -0.360. The first-order chi connectivity index (χ1) is 7.97. The molecule has 6 heteroatoms. The van der Waals surface area contributed by atoms with Crippen molar-refractivity contribution >= 4 is 11.7 Å². The van der Waals surface area contributed by atoms with Gasteiger partial charge < -0.3 is 9.84 Å². The van der Waals surface area contributed by atoms with E-state index >= 15 is 0 Å². The molecule has 0 aliphatic heterocycles. The topological polar surface area (TPSA) is 89.7 Å². The van der Waals surface area contributed by atoms with E-state index in [9.17, 15) is 14.9 Å². The first kappa shape index (κ1) is 13.1. The zero-order valence-electron chi connectivity index (χ0n) is 9.54. The van der Waals surface area contributed by atoms with Crippen molar-refractivity contribution < 1.29 is 19.6 Å². The molecule has 0 aromatic heterocycles. The Kier molecular flexibility index (Phi) is 4.17. The molecule has 1 N–H and O–H groups in total. The van der Waals surface area contributed by atoms with Gasteiger partial charge in [0, 0.05) is 6.07 Å². The van der Waals surface area contributed by atoms with Crippen LogP contribution in [0, 0.1) is 10.1 Å². The highest BCUT2D eigenvalue weighted by atomic mass is 16.6. The Labute approximate surface area is 98.0 Å². The number of benzene rings is 1. The van der Waals surface area contributed by atoms with Gasteiger partial charge in [-0.05, 0) is 19.4 Å². The molecule has 1 aromatic carbocycles. The second-order valence-corrected chi connectivity index (χ2v) is 3.68. The summed E-state index contributed by atoms with van der Waals surface area (Å²) in [6.45, 7) is 2.83. The van der Waals surface area contributed by atoms with Crippen molar-refractivity contribution in [1.29, 1.82) is 0 Å². The van der Waals surface area contributed by atoms with E-state index in [0.29, 0.717) is 0 Å². The third-order valence-corrected chi connectivity index (χ3v) is 2.04. The monoisotopic (exact) mass is 239 g/mol. The number of nitrogens with zero attached hydrogens (tertiary/aromatic N) is 1. The second-order valence-electron chi connectivity index (χ2n) is 3.68. The predicted octanol–water partition coefficient (Wildman–Crippen LogP) is 1.65. The maximum atomic E-state index is 11.7. The van der Waals surface area contributed by atoms with Gasteiger partial charge in [0.25, 0.3) is 5.69 Å². The van der Waals surface area contributed by atoms with Crippen LogP contribution < -0.4 is 0 Å². The Morgan fingerprint density at radius 1 is 1.53 bits per heavy atom. The lowest BCUT2D eigenvalue weighted by Crippen LogP contribution is -2.15. The summed E-state index contributed by atoms with van der Waals surface area (Å²) < 4.78 is 4.92. The van der Waals surface area contributed by atoms with E-state index in [-0.39, 0.29) is 22.9 Å². The summed E-state index contributed by atoms with van der Waals surface area (Å²) in [5.74, 6) is -0.795. The number of aliphatic hydroxyl groups excluding tert-OH is 1. The third kappa shape index (κ3) is 3.01. The summed E-state index contributed by atoms with van der Waals surface area (Å²) in [5, 5.41) is 19.9. The van der Waals surface area contributed by atoms with Crippen LogP contribution in [0.1, 0.15) is 29.8 Å². The Bertz CT molecular complexity index is 441. The third-order valence-electron chi connectivity index (χ3n) is 2.04. The highest BCUT2D eigenvalue weighted by Gasteiger charge is 2.25. The van der Waals surface area contributed by atoms with Crippen LogP contribution in [0.4, 0.5) is 5.69 Å². The van der Waals surface area contributed by atoms with Crippen molar-refractivity contribution in [1.82, 2.24) is 0 Å². The van der Waals surface area contributed by atoms with Crippen molar-refractivity contribution in [3.63, 3.8) is 0 Å². The van der Waals surface area contributed by atoms with E-state index in [1.807, 2.05) is 0 Å². The quantitative estimate of drug-likeness (QED) is 0.490. The van der Waals surface area contributed by atoms with Gasteiger partial charge in [-0.2, -0.15) is 0 Å². The molecule has 0 saturated carbocycles. The maximum Gasteiger partial charge on any atom is 0.345 e. The molecule has 17 heavy (non-hydrogen) atoms. The fourth-order valence-corrected chi connectivity index (χ4v) is 1.38. The van der Waals surface area contributed by atoms with Crippen molar-refractivity contribution in [3.05, 3.63) is 39.4 Å². The molecule has 0 aliphatic rings. The number of aliphatic hydroxyl groups is 1. The number of esters is 1. The second kappa shape index (κ2) is 5.40. The Morgan fingerprint density at radius 2 is 2.18 bits per heavy atom. The molecule has 92 valence electrons. The van der Waals surface area contributed by atoms with Crippen LogP contribution >= 0.6 is 0 Å². The minimum Gasteiger partial charge on any atom is -0.459 e. The standard InChI is InChI=1S/C11H13NO5/c1-7(2)17-11(14)10-8(6-13)4-3-5-9(10)12(15)16/h3-5,7,13H,6H2,1-2H3. The summed E-state index contributed by atoms with van der Waals surface area (Å²) in [6, 6.07) is 4.07. The normalized spacial score (nSPS) is 10.4. The van der Waals surface area contributed by atoms with E-state index in [1.165, 1.54) is 18.2 Å². The minimum absolute atomic E-state index is 0.185. The summed E-state index contributed by atoms with van der Waals surface area (Å²) in [6.07, 6.45) is -0.381. The molecule has 0 radical (unpaired) electrons. The summed E-state index contributed by atoms with van der Waals surface area (Å²) in [4.78, 5) is 21.8. The van der Waals surface area contributed by atoms with Gasteiger partial charge in [-0.1, -0.05) is 12.1 Å². The number of ether oxygens (including phenoxy) is 1. The Hall–Kier alpha value is -1.95. The first-order valence-electron chi connectivity index (χ1n) is 5.05. The predicted molar refractivity (Wildman–Crippen MR) is 59.6 cm³/mol. The summed E-state index contributed by atoms with van der Waals surface area (Å²) >= 11 is 0. The molecule has 0 aliphatic carbocycles. The number of nitro benzene ring substituents is 1. The highest BCUT2D eigenvalue weighted by Crippen LogP contribution is 2.23. The van der Waals surface area contributed by atoms with Gasteiger partial charge in [-0.3, -0.25) is 10.1 Å². The lowest BCUT2D eigenvalue weighted by atomic mass is 10.1. The highest BCUT2D eigenvalue weighted by molar-refractivity contribution is 5.95. The molecule has 0 saturated heterocycles. The molecule has 0 spiro atoms. The molecule has 1 rings (SSSR count). The average molecular weight is 239 g/mol. The van der Waals surface area contributed by atoms with Gasteiger partial charge in [0.2, 0.25) is 0 Å². The van der Waals surface area contributed by atoms with Crippen molar-refractivity contribution in [2.75, 3.05) is 0 Å². The molecule has 0 unspecified atom stereocenters. The van der Waals surface area contributed by atoms with Crippen LogP contribution in [0.3, 0.4) is 0 Å². The molecule has 1 aromatic rings. The number of rotatable bonds is 4. The van der Waals surface area contributed by atoms with Crippen molar-refractivity contribution in [3.8, 4) is 0 Å². The SMILES string of the molecule is CC(C)OC(=O)c1c(CO)cccc1[N+](=O)[O-]. The molecule has 0 atom stereocenters. The summed E-state index contributed by atoms with van der Waals surface area (Å²) in [7, 11) is 0. The van der Waals surface area contributed by atoms with Crippen molar-refractivity contribution in [2.45, 2.75) is 26.6 Å². The van der Waals surface area contributed by atoms with E-state index in [4.69, 9.17) is 9.84 Å². The molecule has 0 fully saturated rings. The van der Waals surface area contributed by atoms with Crippen LogP contribution in [0.5, 0.6) is 0 Å². The lowest BCUT2D eigenvalue weighted by Gasteiger charge is -2.10. The molecule has 0 bridgehead atoms. The average Bonchev–Trinajstić information content (AvgIpc) is 2.26. The van der Waals surface area contributed by atoms with Gasteiger partial charge >= 0.3 is 5.97 Å². The molecule has 0 amide bonds. The Balaban J connectivity index is 3.26. The van der Waals surface area contributed by atoms with Crippen molar-refractivity contribution in [2.24, 2.45) is 0 Å². The maximum absolute atomic E-state index is 11.7. The van der Waals surface area contributed by atoms with Crippen LogP contribution in [-0.2, 0) is 11.3 Å². The number of hydrogen-bond acceptors (Lipinski definition) is 5. The van der Waals surface area contributed by atoms with Gasteiger partial charge in [-0.25, -0.2) is 4.79 Å². The number of carbonyl (C=O) groups is 1. The van der Waals surface area contributed by atoms with Gasteiger partial charge in [-0.15, -0.1) is 0 Å². The number of carbonyl (C=O) groups excluding carboxylic acids is 1. The Morgan fingerprint density at radius 3 is 2.65 bits per heavy atom. The molecular weight excluding hydrogens is 226 g/mol. The lowest BCUT2D eigenvalue weighted by molar-refractivity contribution is -0.385. The van der Waals surface area contributed by atoms with E-state index in [2.05, 4.69) is 0 Å². The molecule has 0 heterocycles. The van der Waals surface area contributed by atoms with Gasteiger partial charge in [0.05, 0.1) is 17.6 Å². The van der Waals surface area contributed by atoms with E-state index < -0.39 is 17.5 Å². The fourth-order valence-electron chi connectivity index (χ4n) is 1.38. The smallest absolute Gasteiger partial charge is 0.345 e. The number of hydrogen-bond donors (Lipinski definition) is 1. The largest absolute Gasteiger partial charge is 0.459 e. The zero-order valence-corrected chi connectivity index (χ0v) is 9.54. The van der Waals surface area contributed by atoms with Gasteiger partial charge in [0.15, 0.2) is 0 Å². The zero-order chi connectivity index (χ0) is 13.0. The van der Waals surface area contributed by atoms with E-state index in [0.717, 1.165) is 0 Å². The van der Waals surface area contributed by atoms with Crippen LogP contribution in [0.25, 0.3) is 0 Å². The molecular formula is C11H13NO5. The number of nitro groups is 1. The fraction of sp³-hybridized carbons (Fsp3) is 0.364. The molecule has 6 nitrogen and oxygen atoms in total. The van der Waals surface area contributed by atoms with Crippen LogP contribution in [0.2, 0.25) is 0 Å². The first-order valence-corrected chi connectivity index (χ1v) is 5.05.